The number of benzene rings is 1. The van der Waals surface area contributed by atoms with Crippen molar-refractivity contribution in [3.63, 3.8) is 0 Å². The van der Waals surface area contributed by atoms with Gasteiger partial charge in [0.1, 0.15) is 5.60 Å². The van der Waals surface area contributed by atoms with Gasteiger partial charge in [-0.15, -0.1) is 0 Å². The lowest BCUT2D eigenvalue weighted by molar-refractivity contribution is 0.0240. The summed E-state index contributed by atoms with van der Waals surface area (Å²) in [5, 5.41) is 23.6. The molecular formula is C19H30BN5O4. The Morgan fingerprint density at radius 2 is 1.72 bits per heavy atom. The highest BCUT2D eigenvalue weighted by Gasteiger charge is 2.30. The van der Waals surface area contributed by atoms with Crippen molar-refractivity contribution in [3.05, 3.63) is 32.7 Å². The number of carbonyl (C=O) groups is 1. The maximum atomic E-state index is 12.3. The van der Waals surface area contributed by atoms with Crippen LogP contribution in [-0.4, -0.2) is 59.9 Å². The van der Waals surface area contributed by atoms with Gasteiger partial charge in [0.2, 0.25) is 0 Å². The summed E-state index contributed by atoms with van der Waals surface area (Å²) < 4.78 is 5.45. The minimum atomic E-state index is -1.62. The number of ether oxygens (including phenoxy) is 1. The van der Waals surface area contributed by atoms with E-state index >= 15 is 0 Å². The van der Waals surface area contributed by atoms with Crippen LogP contribution in [0.3, 0.4) is 0 Å². The molecule has 0 spiro atoms. The van der Waals surface area contributed by atoms with Gasteiger partial charge in [0, 0.05) is 36.8 Å². The van der Waals surface area contributed by atoms with E-state index in [1.807, 2.05) is 34.6 Å². The molecule has 29 heavy (non-hydrogen) atoms. The number of azide groups is 1. The molecule has 2 N–H and O–H groups in total. The quantitative estimate of drug-likeness (QED) is 0.345. The Labute approximate surface area is 172 Å². The van der Waals surface area contributed by atoms with E-state index in [9.17, 15) is 14.8 Å². The molecule has 158 valence electrons. The average Bonchev–Trinajstić information content (AvgIpc) is 2.60. The first-order chi connectivity index (χ1) is 13.5. The number of nitrogens with zero attached hydrogens (tertiary/aromatic N) is 5. The normalized spacial score (nSPS) is 14.5. The van der Waals surface area contributed by atoms with Crippen LogP contribution in [0.2, 0.25) is 0 Å². The summed E-state index contributed by atoms with van der Waals surface area (Å²) in [7, 11) is -1.62. The minimum Gasteiger partial charge on any atom is -0.444 e. The second kappa shape index (κ2) is 8.94. The molecule has 0 atom stereocenters. The summed E-state index contributed by atoms with van der Waals surface area (Å²) in [4.78, 5) is 19.0. The lowest BCUT2D eigenvalue weighted by Crippen LogP contribution is -2.51. The first-order valence-corrected chi connectivity index (χ1v) is 9.70. The van der Waals surface area contributed by atoms with E-state index in [4.69, 9.17) is 10.3 Å². The Morgan fingerprint density at radius 1 is 1.14 bits per heavy atom. The van der Waals surface area contributed by atoms with Gasteiger partial charge < -0.3 is 24.6 Å². The predicted molar refractivity (Wildman–Crippen MR) is 113 cm³/mol. The number of hydrogen-bond acceptors (Lipinski definition) is 6. The highest BCUT2D eigenvalue weighted by molar-refractivity contribution is 6.60. The third kappa shape index (κ3) is 5.15. The summed E-state index contributed by atoms with van der Waals surface area (Å²) in [5.41, 5.74) is 12.8. The molecule has 0 bridgehead atoms. The minimum absolute atomic E-state index is 0.138. The van der Waals surface area contributed by atoms with Crippen molar-refractivity contribution in [1.82, 2.24) is 4.90 Å². The fourth-order valence-electron chi connectivity index (χ4n) is 3.92. The second-order valence-electron chi connectivity index (χ2n) is 8.33. The Kier molecular flexibility index (Phi) is 7.05. The zero-order valence-corrected chi connectivity index (χ0v) is 18.1. The van der Waals surface area contributed by atoms with Crippen LogP contribution in [0.1, 0.15) is 43.0 Å². The summed E-state index contributed by atoms with van der Waals surface area (Å²) in [5.74, 6) is 0. The van der Waals surface area contributed by atoms with E-state index in [1.54, 1.807) is 11.8 Å². The van der Waals surface area contributed by atoms with Gasteiger partial charge in [-0.25, -0.2) is 4.79 Å². The molecule has 0 radical (unpaired) electrons. The maximum Gasteiger partial charge on any atom is 0.489 e. The van der Waals surface area contributed by atoms with Gasteiger partial charge in [-0.05, 0) is 74.8 Å². The molecule has 1 aromatic rings. The Hall–Kier alpha value is -2.42. The number of rotatable bonds is 4. The molecule has 0 unspecified atom stereocenters. The molecule has 0 aromatic heterocycles. The highest BCUT2D eigenvalue weighted by Crippen LogP contribution is 2.31. The van der Waals surface area contributed by atoms with Gasteiger partial charge in [-0.3, -0.25) is 0 Å². The van der Waals surface area contributed by atoms with Gasteiger partial charge in [0.15, 0.2) is 0 Å². The van der Waals surface area contributed by atoms with E-state index in [2.05, 4.69) is 14.9 Å². The molecule has 10 heteroatoms. The van der Waals surface area contributed by atoms with Crippen LogP contribution >= 0.6 is 0 Å². The summed E-state index contributed by atoms with van der Waals surface area (Å²) >= 11 is 0. The summed E-state index contributed by atoms with van der Waals surface area (Å²) in [6.07, 6.45) is -0.329. The van der Waals surface area contributed by atoms with Crippen molar-refractivity contribution >= 4 is 24.4 Å². The third-order valence-electron chi connectivity index (χ3n) is 5.22. The van der Waals surface area contributed by atoms with E-state index in [0.717, 1.165) is 27.9 Å². The molecule has 0 aliphatic carbocycles. The molecule has 1 amide bonds. The molecular weight excluding hydrogens is 373 g/mol. The lowest BCUT2D eigenvalue weighted by atomic mass is 9.71. The van der Waals surface area contributed by atoms with Crippen molar-refractivity contribution in [2.24, 2.45) is 5.11 Å². The average molecular weight is 403 g/mol. The molecule has 2 rings (SSSR count). The van der Waals surface area contributed by atoms with E-state index < -0.39 is 12.7 Å². The summed E-state index contributed by atoms with van der Waals surface area (Å²) in [6.45, 7) is 13.5. The van der Waals surface area contributed by atoms with E-state index in [1.165, 1.54) is 0 Å². The van der Waals surface area contributed by atoms with Gasteiger partial charge >= 0.3 is 13.2 Å². The maximum absolute atomic E-state index is 12.3. The van der Waals surface area contributed by atoms with Crippen molar-refractivity contribution < 1.29 is 19.6 Å². The smallest absolute Gasteiger partial charge is 0.444 e. The number of amides is 1. The van der Waals surface area contributed by atoms with Crippen LogP contribution in [0.4, 0.5) is 10.5 Å². The fourth-order valence-corrected chi connectivity index (χ4v) is 3.92. The third-order valence-corrected chi connectivity index (χ3v) is 5.22. The summed E-state index contributed by atoms with van der Waals surface area (Å²) in [6, 6.07) is 0. The van der Waals surface area contributed by atoms with Gasteiger partial charge in [-0.1, -0.05) is 5.11 Å². The van der Waals surface area contributed by atoms with Crippen LogP contribution in [0, 0.1) is 20.8 Å². The van der Waals surface area contributed by atoms with E-state index in [0.29, 0.717) is 31.6 Å². The van der Waals surface area contributed by atoms with E-state index in [-0.39, 0.29) is 12.6 Å². The molecule has 1 aliphatic heterocycles. The number of piperazine rings is 1. The molecule has 1 heterocycles. The van der Waals surface area contributed by atoms with Crippen LogP contribution < -0.4 is 10.4 Å². The van der Waals surface area contributed by atoms with Crippen LogP contribution in [0.5, 0.6) is 0 Å². The van der Waals surface area contributed by atoms with Crippen molar-refractivity contribution in [1.29, 1.82) is 0 Å². The first-order valence-electron chi connectivity index (χ1n) is 9.70. The molecule has 9 nitrogen and oxygen atoms in total. The highest BCUT2D eigenvalue weighted by atomic mass is 16.6. The van der Waals surface area contributed by atoms with Gasteiger partial charge in [0.25, 0.3) is 0 Å². The SMILES string of the molecule is Cc1c(CN=[N+]=[N-])c(C)c(N2CCN(C(=O)OC(C)(C)C)CC2)c(C)c1B(O)O. The Bertz CT molecular complexity index is 823. The zero-order chi connectivity index (χ0) is 21.9. The zero-order valence-electron chi connectivity index (χ0n) is 18.1. The number of carbonyl (C=O) groups excluding carboxylic acids is 1. The number of hydrogen-bond donors (Lipinski definition) is 2. The van der Waals surface area contributed by atoms with Crippen LogP contribution in [-0.2, 0) is 11.3 Å². The van der Waals surface area contributed by atoms with Gasteiger partial charge in [-0.2, -0.15) is 0 Å². The van der Waals surface area contributed by atoms with Crippen molar-refractivity contribution in [3.8, 4) is 0 Å². The first kappa shape index (κ1) is 22.9. The largest absolute Gasteiger partial charge is 0.489 e. The second-order valence-corrected chi connectivity index (χ2v) is 8.33. The molecule has 1 aliphatic rings. The van der Waals surface area contributed by atoms with Crippen LogP contribution in [0.15, 0.2) is 5.11 Å². The monoisotopic (exact) mass is 403 g/mol. The molecule has 0 saturated carbocycles. The van der Waals surface area contributed by atoms with Crippen molar-refractivity contribution in [2.75, 3.05) is 31.1 Å². The fraction of sp³-hybridized carbons (Fsp3) is 0.632. The van der Waals surface area contributed by atoms with Crippen LogP contribution in [0.25, 0.3) is 10.4 Å². The topological polar surface area (TPSA) is 122 Å². The molecule has 1 fully saturated rings. The Balaban J connectivity index is 2.34. The predicted octanol–water partition coefficient (Wildman–Crippen LogP) is 2.16. The number of anilines is 1. The standard InChI is InChI=1S/C19H30BN5O4/c1-12-15(11-22-23-21)13(2)17(14(3)16(12)20(27)28)24-7-9-25(10-8-24)18(26)29-19(4,5)6/h27-28H,7-11H2,1-6H3. The van der Waals surface area contributed by atoms with Gasteiger partial charge in [0.05, 0.1) is 6.54 Å². The Morgan fingerprint density at radius 3 is 2.21 bits per heavy atom. The molecule has 1 saturated heterocycles. The lowest BCUT2D eigenvalue weighted by Gasteiger charge is -2.39. The van der Waals surface area contributed by atoms with Crippen molar-refractivity contribution in [2.45, 2.75) is 53.7 Å². The molecule has 1 aromatic carbocycles.